The van der Waals surface area contributed by atoms with Gasteiger partial charge in [-0.25, -0.2) is 0 Å². The quantitative estimate of drug-likeness (QED) is 0.903. The fraction of sp³-hybridized carbons (Fsp3) is 0.625. The molecule has 0 spiro atoms. The van der Waals surface area contributed by atoms with Crippen molar-refractivity contribution in [3.63, 3.8) is 0 Å². The average molecular weight is 261 g/mol. The Morgan fingerprint density at radius 3 is 3.05 bits per heavy atom. The number of ether oxygens (including phenoxy) is 2. The van der Waals surface area contributed by atoms with E-state index in [-0.39, 0.29) is 0 Å². The van der Waals surface area contributed by atoms with Crippen LogP contribution in [0.3, 0.4) is 0 Å². The number of fused-ring (bicyclic) bond motifs is 1. The van der Waals surface area contributed by atoms with E-state index in [0.29, 0.717) is 18.2 Å². The van der Waals surface area contributed by atoms with Crippen molar-refractivity contribution >= 4 is 0 Å². The third kappa shape index (κ3) is 2.86. The predicted molar refractivity (Wildman–Crippen MR) is 75.4 cm³/mol. The minimum absolute atomic E-state index is 0.350. The monoisotopic (exact) mass is 261 g/mol. The molecule has 1 N–H and O–H groups in total. The highest BCUT2D eigenvalue weighted by atomic mass is 16.7. The Labute approximate surface area is 115 Å². The Hall–Kier alpha value is -1.22. The van der Waals surface area contributed by atoms with Gasteiger partial charge in [0.25, 0.3) is 0 Å². The van der Waals surface area contributed by atoms with Gasteiger partial charge in [0.1, 0.15) is 0 Å². The minimum atomic E-state index is 0.350. The minimum Gasteiger partial charge on any atom is -0.454 e. The summed E-state index contributed by atoms with van der Waals surface area (Å²) in [6.07, 6.45) is 5.23. The number of nitrogens with one attached hydrogen (secondary N) is 1. The number of hydrogen-bond donors (Lipinski definition) is 1. The molecule has 3 rings (SSSR count). The fourth-order valence-electron chi connectivity index (χ4n) is 3.26. The standard InChI is InChI=1S/C16H23NO2/c1-16(2)8-4-6-13(9-16)17-10-12-5-3-7-14-15(12)19-11-18-14/h3,5,7,13,17H,4,6,8-11H2,1-2H3. The summed E-state index contributed by atoms with van der Waals surface area (Å²) in [5.74, 6) is 1.80. The van der Waals surface area contributed by atoms with Crippen LogP contribution in [-0.2, 0) is 6.54 Å². The van der Waals surface area contributed by atoms with Crippen LogP contribution in [0.15, 0.2) is 18.2 Å². The lowest BCUT2D eigenvalue weighted by molar-refractivity contribution is 0.172. The molecule has 19 heavy (non-hydrogen) atoms. The highest BCUT2D eigenvalue weighted by Gasteiger charge is 2.28. The van der Waals surface area contributed by atoms with Crippen molar-refractivity contribution < 1.29 is 9.47 Å². The van der Waals surface area contributed by atoms with Crippen LogP contribution in [0.1, 0.15) is 45.1 Å². The van der Waals surface area contributed by atoms with Gasteiger partial charge in [0.05, 0.1) is 0 Å². The molecule has 0 saturated heterocycles. The zero-order chi connectivity index (χ0) is 13.3. The Morgan fingerprint density at radius 1 is 1.32 bits per heavy atom. The molecule has 1 fully saturated rings. The normalized spacial score (nSPS) is 24.4. The third-order valence-corrected chi connectivity index (χ3v) is 4.26. The predicted octanol–water partition coefficient (Wildman–Crippen LogP) is 3.47. The Bertz CT molecular complexity index is 456. The van der Waals surface area contributed by atoms with E-state index in [1.165, 1.54) is 31.2 Å². The van der Waals surface area contributed by atoms with Crippen LogP contribution in [-0.4, -0.2) is 12.8 Å². The average Bonchev–Trinajstić information content (AvgIpc) is 2.84. The van der Waals surface area contributed by atoms with Gasteiger partial charge in [-0.2, -0.15) is 0 Å². The number of para-hydroxylation sites is 1. The molecule has 0 bridgehead atoms. The first-order valence-corrected chi connectivity index (χ1v) is 7.25. The van der Waals surface area contributed by atoms with Crippen LogP contribution in [0.4, 0.5) is 0 Å². The highest BCUT2D eigenvalue weighted by molar-refractivity contribution is 5.48. The van der Waals surface area contributed by atoms with Gasteiger partial charge in [0.2, 0.25) is 6.79 Å². The van der Waals surface area contributed by atoms with Crippen molar-refractivity contribution in [2.45, 2.75) is 52.1 Å². The van der Waals surface area contributed by atoms with Crippen molar-refractivity contribution in [2.75, 3.05) is 6.79 Å². The van der Waals surface area contributed by atoms with Gasteiger partial charge in [0, 0.05) is 18.2 Å². The molecule has 0 radical (unpaired) electrons. The summed E-state index contributed by atoms with van der Waals surface area (Å²) < 4.78 is 11.0. The second-order valence-corrected chi connectivity index (χ2v) is 6.49. The van der Waals surface area contributed by atoms with Crippen LogP contribution >= 0.6 is 0 Å². The zero-order valence-corrected chi connectivity index (χ0v) is 11.9. The van der Waals surface area contributed by atoms with Crippen molar-refractivity contribution in [1.29, 1.82) is 0 Å². The lowest BCUT2D eigenvalue weighted by atomic mass is 9.75. The summed E-state index contributed by atoms with van der Waals surface area (Å²) in [6, 6.07) is 6.75. The van der Waals surface area contributed by atoms with E-state index in [1.54, 1.807) is 0 Å². The maximum atomic E-state index is 5.55. The van der Waals surface area contributed by atoms with Gasteiger partial charge in [0.15, 0.2) is 11.5 Å². The van der Waals surface area contributed by atoms with E-state index in [4.69, 9.17) is 9.47 Å². The van der Waals surface area contributed by atoms with Crippen molar-refractivity contribution in [2.24, 2.45) is 5.41 Å². The molecular weight excluding hydrogens is 238 g/mol. The molecule has 2 aliphatic rings. The van der Waals surface area contributed by atoms with Crippen LogP contribution in [0.5, 0.6) is 11.5 Å². The maximum Gasteiger partial charge on any atom is 0.231 e. The van der Waals surface area contributed by atoms with E-state index < -0.39 is 0 Å². The van der Waals surface area contributed by atoms with Gasteiger partial charge in [-0.05, 0) is 30.7 Å². The van der Waals surface area contributed by atoms with Crippen molar-refractivity contribution in [3.05, 3.63) is 23.8 Å². The first kappa shape index (κ1) is 12.8. The highest BCUT2D eigenvalue weighted by Crippen LogP contribution is 2.37. The van der Waals surface area contributed by atoms with Gasteiger partial charge in [-0.1, -0.05) is 32.4 Å². The Morgan fingerprint density at radius 2 is 2.21 bits per heavy atom. The van der Waals surface area contributed by atoms with Crippen LogP contribution in [0.25, 0.3) is 0 Å². The summed E-state index contributed by atoms with van der Waals surface area (Å²) in [5.41, 5.74) is 1.69. The Kier molecular flexibility index (Phi) is 3.40. The lowest BCUT2D eigenvalue weighted by Crippen LogP contribution is -2.36. The zero-order valence-electron chi connectivity index (χ0n) is 11.9. The first-order chi connectivity index (χ1) is 9.14. The molecule has 1 aromatic rings. The van der Waals surface area contributed by atoms with Crippen molar-refractivity contribution in [1.82, 2.24) is 5.32 Å². The number of hydrogen-bond acceptors (Lipinski definition) is 3. The number of rotatable bonds is 3. The molecule has 0 aromatic heterocycles. The molecule has 1 unspecified atom stereocenters. The molecule has 1 aliphatic heterocycles. The number of benzene rings is 1. The topological polar surface area (TPSA) is 30.5 Å². The summed E-state index contributed by atoms with van der Waals surface area (Å²) in [7, 11) is 0. The van der Waals surface area contributed by atoms with Gasteiger partial charge in [-0.15, -0.1) is 0 Å². The van der Waals surface area contributed by atoms with Crippen LogP contribution in [0.2, 0.25) is 0 Å². The van der Waals surface area contributed by atoms with E-state index >= 15 is 0 Å². The largest absolute Gasteiger partial charge is 0.454 e. The van der Waals surface area contributed by atoms with E-state index in [0.717, 1.165) is 18.0 Å². The molecule has 0 amide bonds. The summed E-state index contributed by atoms with van der Waals surface area (Å²) in [6.45, 7) is 5.96. The summed E-state index contributed by atoms with van der Waals surface area (Å²) in [4.78, 5) is 0. The van der Waals surface area contributed by atoms with Gasteiger partial charge in [-0.3, -0.25) is 0 Å². The maximum absolute atomic E-state index is 5.55. The summed E-state index contributed by atoms with van der Waals surface area (Å²) >= 11 is 0. The van der Waals surface area contributed by atoms with E-state index in [1.807, 2.05) is 12.1 Å². The first-order valence-electron chi connectivity index (χ1n) is 7.25. The Balaban J connectivity index is 1.62. The van der Waals surface area contributed by atoms with Crippen LogP contribution in [0, 0.1) is 5.41 Å². The molecule has 3 heteroatoms. The molecule has 104 valence electrons. The van der Waals surface area contributed by atoms with Gasteiger partial charge >= 0.3 is 0 Å². The SMILES string of the molecule is CC1(C)CCCC(NCc2cccc3c2OCO3)C1. The fourth-order valence-corrected chi connectivity index (χ4v) is 3.26. The molecule has 1 heterocycles. The summed E-state index contributed by atoms with van der Waals surface area (Å²) in [5, 5.41) is 3.69. The lowest BCUT2D eigenvalue weighted by Gasteiger charge is -2.35. The second-order valence-electron chi connectivity index (χ2n) is 6.49. The molecule has 1 atom stereocenters. The van der Waals surface area contributed by atoms with Crippen LogP contribution < -0.4 is 14.8 Å². The van der Waals surface area contributed by atoms with Crippen molar-refractivity contribution in [3.8, 4) is 11.5 Å². The molecule has 1 saturated carbocycles. The molecule has 1 aliphatic carbocycles. The third-order valence-electron chi connectivity index (χ3n) is 4.26. The smallest absolute Gasteiger partial charge is 0.231 e. The molecule has 1 aromatic carbocycles. The van der Waals surface area contributed by atoms with E-state index in [2.05, 4.69) is 25.2 Å². The second kappa shape index (κ2) is 5.04. The molecular formula is C16H23NO2. The van der Waals surface area contributed by atoms with E-state index in [9.17, 15) is 0 Å². The molecule has 3 nitrogen and oxygen atoms in total. The van der Waals surface area contributed by atoms with Gasteiger partial charge < -0.3 is 14.8 Å².